The van der Waals surface area contributed by atoms with E-state index in [0.717, 1.165) is 23.4 Å². The molecule has 1 unspecified atom stereocenters. The maximum atomic E-state index is 9.65. The molecular formula is C18H19NOS. The van der Waals surface area contributed by atoms with Gasteiger partial charge in [-0.15, -0.1) is 11.3 Å². The van der Waals surface area contributed by atoms with Crippen LogP contribution in [-0.4, -0.2) is 16.7 Å². The number of hydrogen-bond donors (Lipinski definition) is 1. The van der Waals surface area contributed by atoms with Crippen LogP contribution in [0.1, 0.15) is 16.1 Å². The lowest BCUT2D eigenvalue weighted by Crippen LogP contribution is -2.12. The number of nitrogens with zero attached hydrogens (tertiary/aromatic N) is 1. The summed E-state index contributed by atoms with van der Waals surface area (Å²) in [6.45, 7) is 2.29. The van der Waals surface area contributed by atoms with Crippen molar-refractivity contribution in [2.75, 3.05) is 6.61 Å². The third-order valence-corrected chi connectivity index (χ3v) is 4.76. The Bertz CT molecular complexity index is 684. The van der Waals surface area contributed by atoms with Crippen LogP contribution in [0, 0.1) is 12.8 Å². The topological polar surface area (TPSA) is 33.1 Å². The molecule has 3 rings (SSSR count). The molecule has 0 amide bonds. The number of aryl methyl sites for hydroxylation is 1. The first-order valence-corrected chi connectivity index (χ1v) is 8.07. The summed E-state index contributed by atoms with van der Waals surface area (Å²) in [7, 11) is 0. The third-order valence-electron chi connectivity index (χ3n) is 3.70. The molecule has 3 aromatic rings. The monoisotopic (exact) mass is 297 g/mol. The summed E-state index contributed by atoms with van der Waals surface area (Å²) in [4.78, 5) is 4.66. The molecule has 1 atom stereocenters. The van der Waals surface area contributed by atoms with Gasteiger partial charge >= 0.3 is 0 Å². The molecule has 0 radical (unpaired) electrons. The highest BCUT2D eigenvalue weighted by Gasteiger charge is 2.13. The van der Waals surface area contributed by atoms with E-state index in [4.69, 9.17) is 0 Å². The summed E-state index contributed by atoms with van der Waals surface area (Å²) in [6.07, 6.45) is 1.73. The quantitative estimate of drug-likeness (QED) is 0.772. The molecule has 1 aromatic heterocycles. The number of aliphatic hydroxyl groups is 1. The predicted octanol–water partition coefficient (Wildman–Crippen LogP) is 4.00. The lowest BCUT2D eigenvalue weighted by atomic mass is 9.97. The first-order chi connectivity index (χ1) is 10.2. The van der Waals surface area contributed by atoms with Crippen LogP contribution in [0.15, 0.2) is 48.5 Å². The lowest BCUT2D eigenvalue weighted by Gasteiger charge is -2.12. The van der Waals surface area contributed by atoms with E-state index in [0.29, 0.717) is 0 Å². The minimum Gasteiger partial charge on any atom is -0.396 e. The molecule has 1 N–H and O–H groups in total. The average molecular weight is 297 g/mol. The zero-order valence-corrected chi connectivity index (χ0v) is 12.9. The Morgan fingerprint density at radius 3 is 2.52 bits per heavy atom. The molecule has 21 heavy (non-hydrogen) atoms. The number of aromatic nitrogens is 1. The number of hydrogen-bond acceptors (Lipinski definition) is 3. The van der Waals surface area contributed by atoms with Gasteiger partial charge in [-0.05, 0) is 37.0 Å². The Labute approximate surface area is 129 Å². The second-order valence-corrected chi connectivity index (χ2v) is 6.63. The van der Waals surface area contributed by atoms with Gasteiger partial charge in [-0.2, -0.15) is 0 Å². The number of thiazole rings is 1. The van der Waals surface area contributed by atoms with Gasteiger partial charge in [-0.3, -0.25) is 0 Å². The molecule has 0 saturated carbocycles. The minimum absolute atomic E-state index is 0.198. The largest absolute Gasteiger partial charge is 0.396 e. The van der Waals surface area contributed by atoms with Gasteiger partial charge in [-0.1, -0.05) is 42.0 Å². The molecule has 0 spiro atoms. The smallest absolute Gasteiger partial charge is 0.0942 e. The molecule has 0 fully saturated rings. The van der Waals surface area contributed by atoms with Crippen molar-refractivity contribution in [3.05, 3.63) is 64.7 Å². The summed E-state index contributed by atoms with van der Waals surface area (Å²) in [6, 6.07) is 16.8. The second-order valence-electron chi connectivity index (χ2n) is 5.52. The van der Waals surface area contributed by atoms with E-state index in [1.165, 1.54) is 15.8 Å². The van der Waals surface area contributed by atoms with E-state index in [1.807, 2.05) is 18.2 Å². The van der Waals surface area contributed by atoms with Crippen molar-refractivity contribution in [1.82, 2.24) is 4.98 Å². The van der Waals surface area contributed by atoms with E-state index in [1.54, 1.807) is 11.3 Å². The molecule has 0 bridgehead atoms. The van der Waals surface area contributed by atoms with Crippen LogP contribution in [0.5, 0.6) is 0 Å². The van der Waals surface area contributed by atoms with Crippen LogP contribution >= 0.6 is 11.3 Å². The Kier molecular flexibility index (Phi) is 4.32. The van der Waals surface area contributed by atoms with Crippen molar-refractivity contribution < 1.29 is 5.11 Å². The first kappa shape index (κ1) is 14.2. The standard InChI is InChI=1S/C18H19NOS/c1-13-6-8-14(9-7-13)10-15(12-20)11-18-19-16-4-2-3-5-17(16)21-18/h2-9,15,20H,10-12H2,1H3. The van der Waals surface area contributed by atoms with E-state index in [2.05, 4.69) is 42.2 Å². The van der Waals surface area contributed by atoms with E-state index in [-0.39, 0.29) is 12.5 Å². The lowest BCUT2D eigenvalue weighted by molar-refractivity contribution is 0.225. The van der Waals surface area contributed by atoms with Gasteiger partial charge in [0.25, 0.3) is 0 Å². The maximum absolute atomic E-state index is 9.65. The van der Waals surface area contributed by atoms with Crippen LogP contribution in [0.4, 0.5) is 0 Å². The minimum atomic E-state index is 0.198. The molecular weight excluding hydrogens is 278 g/mol. The number of fused-ring (bicyclic) bond motifs is 1. The Morgan fingerprint density at radius 1 is 1.05 bits per heavy atom. The van der Waals surface area contributed by atoms with Crippen LogP contribution in [0.3, 0.4) is 0 Å². The molecule has 2 aromatic carbocycles. The highest BCUT2D eigenvalue weighted by molar-refractivity contribution is 7.18. The predicted molar refractivity (Wildman–Crippen MR) is 88.8 cm³/mol. The number of aliphatic hydroxyl groups excluding tert-OH is 1. The highest BCUT2D eigenvalue weighted by Crippen LogP contribution is 2.24. The molecule has 1 heterocycles. The Balaban J connectivity index is 1.73. The molecule has 108 valence electrons. The van der Waals surface area contributed by atoms with Crippen LogP contribution in [-0.2, 0) is 12.8 Å². The zero-order valence-electron chi connectivity index (χ0n) is 12.1. The molecule has 0 aliphatic rings. The summed E-state index contributed by atoms with van der Waals surface area (Å²) in [5.41, 5.74) is 3.61. The van der Waals surface area contributed by atoms with Gasteiger partial charge in [0.15, 0.2) is 0 Å². The van der Waals surface area contributed by atoms with Crippen molar-refractivity contribution in [2.45, 2.75) is 19.8 Å². The third kappa shape index (κ3) is 3.49. The van der Waals surface area contributed by atoms with Gasteiger partial charge in [0.1, 0.15) is 0 Å². The first-order valence-electron chi connectivity index (χ1n) is 7.25. The average Bonchev–Trinajstić information content (AvgIpc) is 2.91. The normalized spacial score (nSPS) is 12.7. The Hall–Kier alpha value is -1.71. The van der Waals surface area contributed by atoms with Crippen molar-refractivity contribution >= 4 is 21.6 Å². The van der Waals surface area contributed by atoms with E-state index < -0.39 is 0 Å². The zero-order chi connectivity index (χ0) is 14.7. The van der Waals surface area contributed by atoms with Gasteiger partial charge in [0.2, 0.25) is 0 Å². The summed E-state index contributed by atoms with van der Waals surface area (Å²) in [5.74, 6) is 0.230. The van der Waals surface area contributed by atoms with Crippen LogP contribution in [0.25, 0.3) is 10.2 Å². The number of rotatable bonds is 5. The van der Waals surface area contributed by atoms with Gasteiger partial charge < -0.3 is 5.11 Å². The number of para-hydroxylation sites is 1. The van der Waals surface area contributed by atoms with Crippen molar-refractivity contribution in [3.63, 3.8) is 0 Å². The highest BCUT2D eigenvalue weighted by atomic mass is 32.1. The maximum Gasteiger partial charge on any atom is 0.0942 e. The van der Waals surface area contributed by atoms with Gasteiger partial charge in [0.05, 0.1) is 15.2 Å². The van der Waals surface area contributed by atoms with Crippen molar-refractivity contribution in [1.29, 1.82) is 0 Å². The van der Waals surface area contributed by atoms with Crippen LogP contribution < -0.4 is 0 Å². The molecule has 0 saturated heterocycles. The van der Waals surface area contributed by atoms with Gasteiger partial charge in [-0.25, -0.2) is 4.98 Å². The van der Waals surface area contributed by atoms with Crippen molar-refractivity contribution in [2.24, 2.45) is 5.92 Å². The van der Waals surface area contributed by atoms with Crippen LogP contribution in [0.2, 0.25) is 0 Å². The molecule has 0 aliphatic carbocycles. The van der Waals surface area contributed by atoms with E-state index in [9.17, 15) is 5.11 Å². The summed E-state index contributed by atoms with van der Waals surface area (Å²) >= 11 is 1.73. The summed E-state index contributed by atoms with van der Waals surface area (Å²) in [5, 5.41) is 10.8. The SMILES string of the molecule is Cc1ccc(CC(CO)Cc2nc3ccccc3s2)cc1. The second kappa shape index (κ2) is 6.37. The molecule has 0 aliphatic heterocycles. The molecule has 2 nitrogen and oxygen atoms in total. The Morgan fingerprint density at radius 2 is 1.81 bits per heavy atom. The summed E-state index contributed by atoms with van der Waals surface area (Å²) < 4.78 is 1.22. The fourth-order valence-corrected chi connectivity index (χ4v) is 3.59. The fourth-order valence-electron chi connectivity index (χ4n) is 2.51. The fraction of sp³-hybridized carbons (Fsp3) is 0.278. The van der Waals surface area contributed by atoms with E-state index >= 15 is 0 Å². The van der Waals surface area contributed by atoms with Gasteiger partial charge in [0, 0.05) is 13.0 Å². The molecule has 3 heteroatoms. The van der Waals surface area contributed by atoms with Crippen molar-refractivity contribution in [3.8, 4) is 0 Å². The number of benzene rings is 2.